The number of anilines is 2. The van der Waals surface area contributed by atoms with Gasteiger partial charge in [-0.25, -0.2) is 9.97 Å². The van der Waals surface area contributed by atoms with Gasteiger partial charge in [0, 0.05) is 23.3 Å². The first-order chi connectivity index (χ1) is 11.7. The summed E-state index contributed by atoms with van der Waals surface area (Å²) in [4.78, 5) is 23.2. The molecule has 1 aromatic carbocycles. The highest BCUT2D eigenvalue weighted by Gasteiger charge is 2.27. The zero-order valence-electron chi connectivity index (χ0n) is 13.7. The molecule has 2 aromatic rings. The lowest BCUT2D eigenvalue weighted by molar-refractivity contribution is 0.0601. The maximum absolute atomic E-state index is 12.7. The number of benzene rings is 1. The highest BCUT2D eigenvalue weighted by Crippen LogP contribution is 2.22. The van der Waals surface area contributed by atoms with Gasteiger partial charge in [0.05, 0.1) is 12.4 Å². The van der Waals surface area contributed by atoms with Crippen molar-refractivity contribution in [2.75, 3.05) is 11.9 Å². The fraction of sp³-hybridized carbons (Fsp3) is 0.389. The predicted octanol–water partition coefficient (Wildman–Crippen LogP) is 4.28. The van der Waals surface area contributed by atoms with Crippen molar-refractivity contribution in [1.29, 1.82) is 0 Å². The molecule has 5 nitrogen and oxygen atoms in total. The van der Waals surface area contributed by atoms with Crippen molar-refractivity contribution < 1.29 is 4.79 Å². The summed E-state index contributed by atoms with van der Waals surface area (Å²) in [6.07, 6.45) is 7.44. The van der Waals surface area contributed by atoms with Gasteiger partial charge >= 0.3 is 0 Å². The van der Waals surface area contributed by atoms with E-state index in [0.717, 1.165) is 31.5 Å². The monoisotopic (exact) mass is 344 g/mol. The molecule has 0 radical (unpaired) electrons. The van der Waals surface area contributed by atoms with Gasteiger partial charge in [0.1, 0.15) is 11.5 Å². The Bertz CT molecular complexity index is 687. The van der Waals surface area contributed by atoms with Crippen molar-refractivity contribution in [3.63, 3.8) is 0 Å². The Morgan fingerprint density at radius 3 is 2.71 bits per heavy atom. The number of halogens is 1. The van der Waals surface area contributed by atoms with E-state index in [4.69, 9.17) is 11.6 Å². The molecule has 1 aliphatic heterocycles. The van der Waals surface area contributed by atoms with Crippen LogP contribution in [0, 0.1) is 0 Å². The van der Waals surface area contributed by atoms with Gasteiger partial charge in [-0.3, -0.25) is 4.79 Å². The third kappa shape index (κ3) is 3.85. The summed E-state index contributed by atoms with van der Waals surface area (Å²) in [5.74, 6) is 0.576. The quantitative estimate of drug-likeness (QED) is 0.899. The fourth-order valence-corrected chi connectivity index (χ4v) is 3.15. The third-order valence-electron chi connectivity index (χ3n) is 4.35. The number of nitrogens with zero attached hydrogens (tertiary/aromatic N) is 3. The summed E-state index contributed by atoms with van der Waals surface area (Å²) >= 11 is 5.87. The Balaban J connectivity index is 1.69. The lowest BCUT2D eigenvalue weighted by Crippen LogP contribution is -2.43. The number of hydrogen-bond acceptors (Lipinski definition) is 4. The van der Waals surface area contributed by atoms with E-state index in [2.05, 4.69) is 22.2 Å². The van der Waals surface area contributed by atoms with Crippen molar-refractivity contribution in [2.24, 2.45) is 0 Å². The smallest absolute Gasteiger partial charge is 0.274 e. The van der Waals surface area contributed by atoms with Gasteiger partial charge in [0.2, 0.25) is 0 Å². The van der Waals surface area contributed by atoms with Gasteiger partial charge in [-0.2, -0.15) is 0 Å². The molecule has 0 bridgehead atoms. The Morgan fingerprint density at radius 1 is 1.25 bits per heavy atom. The predicted molar refractivity (Wildman–Crippen MR) is 95.7 cm³/mol. The maximum Gasteiger partial charge on any atom is 0.274 e. The van der Waals surface area contributed by atoms with E-state index in [-0.39, 0.29) is 5.91 Å². The van der Waals surface area contributed by atoms with E-state index >= 15 is 0 Å². The summed E-state index contributed by atoms with van der Waals surface area (Å²) in [7, 11) is 0. The third-order valence-corrected chi connectivity index (χ3v) is 4.60. The first kappa shape index (κ1) is 16.7. The number of carbonyl (C=O) groups excluding carboxylic acids is 1. The van der Waals surface area contributed by atoms with Gasteiger partial charge in [-0.1, -0.05) is 18.5 Å². The fourth-order valence-electron chi connectivity index (χ4n) is 3.02. The van der Waals surface area contributed by atoms with Crippen LogP contribution in [0.1, 0.15) is 43.1 Å². The van der Waals surface area contributed by atoms with Gasteiger partial charge in [0.25, 0.3) is 5.91 Å². The highest BCUT2D eigenvalue weighted by molar-refractivity contribution is 6.30. The van der Waals surface area contributed by atoms with Crippen LogP contribution in [0.3, 0.4) is 0 Å². The second-order valence-electron chi connectivity index (χ2n) is 5.98. The van der Waals surface area contributed by atoms with Crippen molar-refractivity contribution in [1.82, 2.24) is 14.9 Å². The van der Waals surface area contributed by atoms with E-state index in [0.29, 0.717) is 22.6 Å². The molecule has 0 saturated carbocycles. The normalized spacial score (nSPS) is 17.6. The van der Waals surface area contributed by atoms with Crippen LogP contribution in [-0.4, -0.2) is 33.4 Å². The topological polar surface area (TPSA) is 58.1 Å². The molecule has 0 aliphatic carbocycles. The largest absolute Gasteiger partial charge is 0.339 e. The Labute approximate surface area is 147 Å². The Kier molecular flexibility index (Phi) is 5.30. The molecular weight excluding hydrogens is 324 g/mol. The molecule has 126 valence electrons. The molecule has 1 N–H and O–H groups in total. The van der Waals surface area contributed by atoms with E-state index < -0.39 is 0 Å². The number of hydrogen-bond donors (Lipinski definition) is 1. The summed E-state index contributed by atoms with van der Waals surface area (Å²) in [5.41, 5.74) is 1.27. The molecule has 1 atom stereocenters. The molecule has 24 heavy (non-hydrogen) atoms. The van der Waals surface area contributed by atoms with Crippen LogP contribution in [0.25, 0.3) is 0 Å². The van der Waals surface area contributed by atoms with Crippen LogP contribution in [-0.2, 0) is 0 Å². The van der Waals surface area contributed by atoms with Crippen molar-refractivity contribution in [3.8, 4) is 0 Å². The maximum atomic E-state index is 12.7. The number of likely N-dealkylation sites (tertiary alicyclic amines) is 1. The molecular formula is C18H21ClN4O. The lowest BCUT2D eigenvalue weighted by atomic mass is 10.00. The molecule has 1 saturated heterocycles. The average Bonchev–Trinajstić information content (AvgIpc) is 2.63. The van der Waals surface area contributed by atoms with Crippen molar-refractivity contribution in [3.05, 3.63) is 47.4 Å². The molecule has 6 heteroatoms. The molecule has 1 unspecified atom stereocenters. The minimum atomic E-state index is -0.0212. The SMILES string of the molecule is CCC1CCCCN1C(=O)c1cnc(Nc2ccc(Cl)cc2)cn1. The molecule has 1 fully saturated rings. The number of aromatic nitrogens is 2. The van der Waals surface area contributed by atoms with Crippen LogP contribution < -0.4 is 5.32 Å². The van der Waals surface area contributed by atoms with Gasteiger partial charge in [-0.05, 0) is 49.9 Å². The highest BCUT2D eigenvalue weighted by atomic mass is 35.5. The van der Waals surface area contributed by atoms with E-state index in [1.165, 1.54) is 6.42 Å². The molecule has 2 heterocycles. The molecule has 0 spiro atoms. The van der Waals surface area contributed by atoms with Crippen LogP contribution in [0.15, 0.2) is 36.7 Å². The molecule has 3 rings (SSSR count). The minimum absolute atomic E-state index is 0.0212. The summed E-state index contributed by atoms with van der Waals surface area (Å²) in [6.45, 7) is 2.94. The summed E-state index contributed by atoms with van der Waals surface area (Å²) in [5, 5.41) is 3.82. The number of rotatable bonds is 4. The van der Waals surface area contributed by atoms with Gasteiger partial charge in [0.15, 0.2) is 0 Å². The minimum Gasteiger partial charge on any atom is -0.339 e. The number of nitrogens with one attached hydrogen (secondary N) is 1. The number of piperidine rings is 1. The van der Waals surface area contributed by atoms with Crippen molar-refractivity contribution >= 4 is 29.0 Å². The van der Waals surface area contributed by atoms with Gasteiger partial charge < -0.3 is 10.2 Å². The molecule has 1 aromatic heterocycles. The van der Waals surface area contributed by atoms with E-state index in [9.17, 15) is 4.79 Å². The Morgan fingerprint density at radius 2 is 2.04 bits per heavy atom. The molecule has 1 aliphatic rings. The standard InChI is InChI=1S/C18H21ClN4O/c1-2-15-5-3-4-10-23(15)18(24)16-11-21-17(12-20-16)22-14-8-6-13(19)7-9-14/h6-9,11-12,15H,2-5,10H2,1H3,(H,21,22). The number of amides is 1. The zero-order chi connectivity index (χ0) is 16.9. The van der Waals surface area contributed by atoms with Crippen LogP contribution in [0.5, 0.6) is 0 Å². The first-order valence-corrected chi connectivity index (χ1v) is 8.71. The first-order valence-electron chi connectivity index (χ1n) is 8.33. The second kappa shape index (κ2) is 7.62. The second-order valence-corrected chi connectivity index (χ2v) is 6.41. The molecule has 1 amide bonds. The van der Waals surface area contributed by atoms with Crippen LogP contribution >= 0.6 is 11.6 Å². The Hall–Kier alpha value is -2.14. The van der Waals surface area contributed by atoms with Gasteiger partial charge in [-0.15, -0.1) is 0 Å². The average molecular weight is 345 g/mol. The number of carbonyl (C=O) groups is 1. The van der Waals surface area contributed by atoms with E-state index in [1.54, 1.807) is 24.5 Å². The van der Waals surface area contributed by atoms with Crippen LogP contribution in [0.2, 0.25) is 5.02 Å². The zero-order valence-corrected chi connectivity index (χ0v) is 14.5. The van der Waals surface area contributed by atoms with E-state index in [1.807, 2.05) is 17.0 Å². The lowest BCUT2D eigenvalue weighted by Gasteiger charge is -2.34. The van der Waals surface area contributed by atoms with Crippen LogP contribution in [0.4, 0.5) is 11.5 Å². The summed E-state index contributed by atoms with van der Waals surface area (Å²) in [6, 6.07) is 7.65. The van der Waals surface area contributed by atoms with Crippen molar-refractivity contribution in [2.45, 2.75) is 38.6 Å². The summed E-state index contributed by atoms with van der Waals surface area (Å²) < 4.78 is 0.